The molecule has 24 heavy (non-hydrogen) atoms. The van der Waals surface area contributed by atoms with Crippen molar-refractivity contribution in [2.24, 2.45) is 0 Å². The summed E-state index contributed by atoms with van der Waals surface area (Å²) < 4.78 is 2.27. The van der Waals surface area contributed by atoms with Gasteiger partial charge in [-0.05, 0) is 29.8 Å². The number of hydrogen-bond acceptors (Lipinski definition) is 3. The van der Waals surface area contributed by atoms with Crippen molar-refractivity contribution in [2.45, 2.75) is 11.4 Å². The average Bonchev–Trinajstić information content (AvgIpc) is 2.93. The summed E-state index contributed by atoms with van der Waals surface area (Å²) in [5, 5.41) is 2.53. The Morgan fingerprint density at radius 3 is 2.71 bits per heavy atom. The van der Waals surface area contributed by atoms with Gasteiger partial charge in [-0.1, -0.05) is 36.0 Å². The Morgan fingerprint density at radius 2 is 1.88 bits per heavy atom. The first-order valence-corrected chi connectivity index (χ1v) is 9.47. The van der Waals surface area contributed by atoms with E-state index in [0.29, 0.717) is 0 Å². The first-order chi connectivity index (χ1) is 11.8. The van der Waals surface area contributed by atoms with Crippen molar-refractivity contribution >= 4 is 47.1 Å². The van der Waals surface area contributed by atoms with Gasteiger partial charge in [-0.3, -0.25) is 0 Å². The molecule has 0 aliphatic carbocycles. The number of nitrogens with zero attached hydrogens (tertiary/aromatic N) is 2. The van der Waals surface area contributed by atoms with Crippen molar-refractivity contribution in [3.63, 3.8) is 0 Å². The van der Waals surface area contributed by atoms with Crippen LogP contribution in [0.2, 0.25) is 0 Å². The molecule has 0 N–H and O–H groups in total. The van der Waals surface area contributed by atoms with E-state index in [-0.39, 0.29) is 0 Å². The minimum absolute atomic E-state index is 0.836. The minimum atomic E-state index is 0.836. The van der Waals surface area contributed by atoms with E-state index >= 15 is 0 Å². The van der Waals surface area contributed by atoms with Gasteiger partial charge in [0.1, 0.15) is 0 Å². The molecule has 2 heterocycles. The number of thiol groups is 1. The van der Waals surface area contributed by atoms with Crippen molar-refractivity contribution in [3.8, 4) is 0 Å². The fraction of sp³-hybridized carbons (Fsp3) is 0.150. The number of aromatic nitrogens is 1. The van der Waals surface area contributed by atoms with E-state index in [9.17, 15) is 0 Å². The summed E-state index contributed by atoms with van der Waals surface area (Å²) in [6.45, 7) is 0.917. The molecule has 1 aliphatic heterocycles. The van der Waals surface area contributed by atoms with Gasteiger partial charge < -0.3 is 4.90 Å². The number of thioether (sulfide) groups is 1. The third-order valence-corrected chi connectivity index (χ3v) is 5.72. The highest BCUT2D eigenvalue weighted by atomic mass is 32.2. The quantitative estimate of drug-likeness (QED) is 0.545. The summed E-state index contributed by atoms with van der Waals surface area (Å²) in [6, 6.07) is 19.3. The molecule has 0 spiro atoms. The van der Waals surface area contributed by atoms with Crippen LogP contribution in [0.25, 0.3) is 17.0 Å². The van der Waals surface area contributed by atoms with Gasteiger partial charge in [0, 0.05) is 29.8 Å². The van der Waals surface area contributed by atoms with Crippen LogP contribution in [0.3, 0.4) is 0 Å². The fourth-order valence-corrected chi connectivity index (χ4v) is 4.43. The molecule has 2 nitrogen and oxygen atoms in total. The lowest BCUT2D eigenvalue weighted by Gasteiger charge is -2.13. The van der Waals surface area contributed by atoms with Gasteiger partial charge in [-0.15, -0.1) is 0 Å². The number of aryl methyl sites for hydroxylation is 1. The smallest absolute Gasteiger partial charge is 0.213 e. The third kappa shape index (κ3) is 2.70. The van der Waals surface area contributed by atoms with Crippen LogP contribution in [0.1, 0.15) is 5.56 Å². The van der Waals surface area contributed by atoms with Gasteiger partial charge in [-0.25, -0.2) is 0 Å². The summed E-state index contributed by atoms with van der Waals surface area (Å²) in [4.78, 5) is 3.58. The summed E-state index contributed by atoms with van der Waals surface area (Å²) in [6.07, 6.45) is 4.45. The van der Waals surface area contributed by atoms with Crippen molar-refractivity contribution in [1.82, 2.24) is 0 Å². The monoisotopic (exact) mass is 351 g/mol. The molecule has 1 aromatic heterocycles. The molecule has 0 atom stereocenters. The molecule has 4 heteroatoms. The maximum absolute atomic E-state index is 4.38. The number of pyridine rings is 1. The topological polar surface area (TPSA) is 7.12 Å². The largest absolute Gasteiger partial charge is 0.338 e. The minimum Gasteiger partial charge on any atom is -0.338 e. The summed E-state index contributed by atoms with van der Waals surface area (Å²) in [7, 11) is 2.14. The first kappa shape index (κ1) is 15.6. The van der Waals surface area contributed by atoms with E-state index in [1.54, 1.807) is 0 Å². The first-order valence-electron chi connectivity index (χ1n) is 8.02. The number of anilines is 1. The fourth-order valence-electron chi connectivity index (χ4n) is 3.12. The van der Waals surface area contributed by atoms with Crippen LogP contribution >= 0.6 is 24.4 Å². The maximum atomic E-state index is 4.38. The highest BCUT2D eigenvalue weighted by molar-refractivity contribution is 8.03. The molecule has 0 amide bonds. The maximum Gasteiger partial charge on any atom is 0.213 e. The van der Waals surface area contributed by atoms with E-state index in [1.807, 2.05) is 11.8 Å². The standard InChI is InChI=1S/C20H18N2S2/c1-21-18-8-4-5-9-19(18)24-20(21)14-15-10-11-22(12-13-23)17-7-3-2-6-16(15)17/h2-11,14H,12-13H2,1H3/p+1. The molecular weight excluding hydrogens is 332 g/mol. The van der Waals surface area contributed by atoms with Crippen LogP contribution < -0.4 is 9.47 Å². The van der Waals surface area contributed by atoms with Crippen molar-refractivity contribution in [2.75, 3.05) is 17.7 Å². The normalized spacial score (nSPS) is 15.2. The Balaban J connectivity index is 1.80. The van der Waals surface area contributed by atoms with E-state index in [0.717, 1.165) is 12.3 Å². The Morgan fingerprint density at radius 1 is 1.08 bits per heavy atom. The van der Waals surface area contributed by atoms with Crippen LogP contribution in [0, 0.1) is 0 Å². The molecule has 120 valence electrons. The van der Waals surface area contributed by atoms with Crippen LogP contribution in [0.4, 0.5) is 5.69 Å². The predicted octanol–water partition coefficient (Wildman–Crippen LogP) is 4.60. The van der Waals surface area contributed by atoms with Crippen LogP contribution in [-0.2, 0) is 6.54 Å². The van der Waals surface area contributed by atoms with E-state index in [2.05, 4.69) is 96.0 Å². The van der Waals surface area contributed by atoms with Gasteiger partial charge in [0.25, 0.3) is 0 Å². The number of para-hydroxylation sites is 2. The molecule has 0 radical (unpaired) electrons. The van der Waals surface area contributed by atoms with Crippen LogP contribution in [0.15, 0.2) is 70.7 Å². The van der Waals surface area contributed by atoms with E-state index in [1.165, 1.54) is 32.1 Å². The van der Waals surface area contributed by atoms with E-state index < -0.39 is 0 Å². The van der Waals surface area contributed by atoms with Gasteiger partial charge >= 0.3 is 0 Å². The van der Waals surface area contributed by atoms with Crippen molar-refractivity contribution < 1.29 is 4.57 Å². The highest BCUT2D eigenvalue weighted by Crippen LogP contribution is 2.45. The molecule has 0 saturated carbocycles. The molecule has 4 rings (SSSR count). The van der Waals surface area contributed by atoms with Crippen molar-refractivity contribution in [1.29, 1.82) is 0 Å². The molecule has 0 unspecified atom stereocenters. The SMILES string of the molecule is CN1C(=Cc2cc[n+](CCS)c3ccccc23)Sc2ccccc21. The lowest BCUT2D eigenvalue weighted by molar-refractivity contribution is -0.666. The lowest BCUT2D eigenvalue weighted by Crippen LogP contribution is -2.35. The van der Waals surface area contributed by atoms with Gasteiger partial charge in [-0.2, -0.15) is 17.2 Å². The number of rotatable bonds is 3. The molecule has 2 aromatic carbocycles. The van der Waals surface area contributed by atoms with Crippen LogP contribution in [-0.4, -0.2) is 12.8 Å². The lowest BCUT2D eigenvalue weighted by atomic mass is 10.1. The number of benzene rings is 2. The second-order valence-electron chi connectivity index (χ2n) is 5.82. The Labute approximate surface area is 152 Å². The molecule has 0 bridgehead atoms. The Kier molecular flexibility index (Phi) is 4.25. The summed E-state index contributed by atoms with van der Waals surface area (Å²) in [5.41, 5.74) is 3.78. The molecule has 0 saturated heterocycles. The molecular formula is C20H19N2S2+. The number of hydrogen-bond donors (Lipinski definition) is 1. The van der Waals surface area contributed by atoms with Crippen molar-refractivity contribution in [3.05, 3.63) is 71.4 Å². The zero-order chi connectivity index (χ0) is 16.5. The predicted molar refractivity (Wildman–Crippen MR) is 107 cm³/mol. The van der Waals surface area contributed by atoms with Gasteiger partial charge in [0.05, 0.1) is 16.1 Å². The summed E-state index contributed by atoms with van der Waals surface area (Å²) >= 11 is 6.21. The van der Waals surface area contributed by atoms with Gasteiger partial charge in [0.2, 0.25) is 5.52 Å². The zero-order valence-electron chi connectivity index (χ0n) is 13.5. The van der Waals surface area contributed by atoms with Crippen LogP contribution in [0.5, 0.6) is 0 Å². The Hall–Kier alpha value is -1.91. The zero-order valence-corrected chi connectivity index (χ0v) is 15.2. The Bertz CT molecular complexity index is 934. The van der Waals surface area contributed by atoms with Gasteiger partial charge in [0.15, 0.2) is 12.7 Å². The average molecular weight is 352 g/mol. The second-order valence-corrected chi connectivity index (χ2v) is 7.33. The third-order valence-electron chi connectivity index (χ3n) is 4.35. The number of fused-ring (bicyclic) bond motifs is 2. The van der Waals surface area contributed by atoms with E-state index in [4.69, 9.17) is 0 Å². The summed E-state index contributed by atoms with van der Waals surface area (Å²) in [5.74, 6) is 0.836. The highest BCUT2D eigenvalue weighted by Gasteiger charge is 2.21. The molecule has 3 aromatic rings. The molecule has 1 aliphatic rings. The molecule has 0 fully saturated rings. The second kappa shape index (κ2) is 6.54.